The van der Waals surface area contributed by atoms with Crippen LogP contribution in [-0.2, 0) is 14.8 Å². The Morgan fingerprint density at radius 1 is 1.47 bits per heavy atom. The molecule has 2 N–H and O–H groups in total. The minimum Gasteiger partial charge on any atom is -0.295 e. The molecular formula is C9H10ClN3O3S. The summed E-state index contributed by atoms with van der Waals surface area (Å²) in [5.41, 5.74) is 0. The molecule has 1 aliphatic rings. The van der Waals surface area contributed by atoms with Crippen LogP contribution in [0.1, 0.15) is 6.42 Å². The zero-order valence-electron chi connectivity index (χ0n) is 8.71. The number of anilines is 1. The average molecular weight is 276 g/mol. The molecule has 1 saturated heterocycles. The van der Waals surface area contributed by atoms with Gasteiger partial charge in [0.05, 0.1) is 5.02 Å². The molecule has 1 fully saturated rings. The summed E-state index contributed by atoms with van der Waals surface area (Å²) in [6, 6.07) is 3.15. The van der Waals surface area contributed by atoms with Gasteiger partial charge in [0.1, 0.15) is 11.1 Å². The van der Waals surface area contributed by atoms with Crippen molar-refractivity contribution >= 4 is 33.3 Å². The fraction of sp³-hybridized carbons (Fsp3) is 0.333. The number of primary sulfonamides is 1. The predicted molar refractivity (Wildman–Crippen MR) is 63.1 cm³/mol. The van der Waals surface area contributed by atoms with Crippen LogP contribution in [0.3, 0.4) is 0 Å². The zero-order chi connectivity index (χ0) is 12.6. The van der Waals surface area contributed by atoms with Gasteiger partial charge < -0.3 is 0 Å². The second-order valence-electron chi connectivity index (χ2n) is 3.75. The van der Waals surface area contributed by atoms with Gasteiger partial charge in [0.25, 0.3) is 0 Å². The highest BCUT2D eigenvalue weighted by atomic mass is 35.5. The van der Waals surface area contributed by atoms with Gasteiger partial charge in [-0.1, -0.05) is 11.6 Å². The Morgan fingerprint density at radius 2 is 2.18 bits per heavy atom. The van der Waals surface area contributed by atoms with Gasteiger partial charge in [-0.15, -0.1) is 0 Å². The molecule has 2 heterocycles. The number of hydrogen-bond donors (Lipinski definition) is 1. The van der Waals surface area contributed by atoms with Crippen molar-refractivity contribution in [2.75, 3.05) is 11.4 Å². The lowest BCUT2D eigenvalue weighted by Gasteiger charge is -2.14. The summed E-state index contributed by atoms with van der Waals surface area (Å²) >= 11 is 5.67. The highest BCUT2D eigenvalue weighted by molar-refractivity contribution is 7.89. The summed E-state index contributed by atoms with van der Waals surface area (Å²) in [4.78, 5) is 16.9. The molecule has 1 aromatic rings. The quantitative estimate of drug-likeness (QED) is 0.830. The molecule has 1 atom stereocenters. The van der Waals surface area contributed by atoms with Crippen molar-refractivity contribution in [2.45, 2.75) is 11.7 Å². The van der Waals surface area contributed by atoms with Crippen LogP contribution < -0.4 is 10.0 Å². The van der Waals surface area contributed by atoms with Crippen LogP contribution in [0.2, 0.25) is 5.02 Å². The highest BCUT2D eigenvalue weighted by Gasteiger charge is 2.37. The van der Waals surface area contributed by atoms with Crippen molar-refractivity contribution in [3.63, 3.8) is 0 Å². The Bertz CT molecular complexity index is 543. The second-order valence-corrected chi connectivity index (χ2v) is 6.04. The maximum Gasteiger partial charge on any atom is 0.229 e. The molecular weight excluding hydrogens is 266 g/mol. The van der Waals surface area contributed by atoms with Crippen LogP contribution >= 0.6 is 11.6 Å². The average Bonchev–Trinajstić information content (AvgIpc) is 2.61. The minimum absolute atomic E-state index is 0.0340. The SMILES string of the molecule is NS(=O)(=O)C1CC(=O)N(c2ccc(Cl)cn2)C1. The first-order valence-electron chi connectivity index (χ1n) is 4.81. The third-order valence-corrected chi connectivity index (χ3v) is 4.01. The van der Waals surface area contributed by atoms with E-state index in [-0.39, 0.29) is 18.9 Å². The van der Waals surface area contributed by atoms with Gasteiger partial charge in [0, 0.05) is 19.2 Å². The maximum absolute atomic E-state index is 11.6. The number of carbonyl (C=O) groups excluding carboxylic acids is 1. The summed E-state index contributed by atoms with van der Waals surface area (Å²) in [6.45, 7) is 0.0340. The summed E-state index contributed by atoms with van der Waals surface area (Å²) < 4.78 is 22.3. The number of carbonyl (C=O) groups is 1. The molecule has 1 aromatic heterocycles. The first-order valence-corrected chi connectivity index (χ1v) is 6.80. The third-order valence-electron chi connectivity index (χ3n) is 2.54. The molecule has 2 rings (SSSR count). The standard InChI is InChI=1S/C9H10ClN3O3S/c10-6-1-2-8(12-4-6)13-5-7(3-9(13)14)17(11,15)16/h1-2,4,7H,3,5H2,(H2,11,15,16). The van der Waals surface area contributed by atoms with Gasteiger partial charge in [-0.2, -0.15) is 0 Å². The topological polar surface area (TPSA) is 93.4 Å². The Morgan fingerprint density at radius 3 is 2.65 bits per heavy atom. The van der Waals surface area contributed by atoms with Crippen LogP contribution in [0, 0.1) is 0 Å². The number of amides is 1. The molecule has 1 unspecified atom stereocenters. The van der Waals surface area contributed by atoms with E-state index in [2.05, 4.69) is 4.98 Å². The van der Waals surface area contributed by atoms with Crippen molar-refractivity contribution in [3.05, 3.63) is 23.4 Å². The Balaban J connectivity index is 2.24. The van der Waals surface area contributed by atoms with Crippen molar-refractivity contribution in [2.24, 2.45) is 5.14 Å². The Kier molecular flexibility index (Phi) is 3.07. The molecule has 0 aromatic carbocycles. The molecule has 1 amide bonds. The number of nitrogens with zero attached hydrogens (tertiary/aromatic N) is 2. The van der Waals surface area contributed by atoms with E-state index in [0.29, 0.717) is 10.8 Å². The van der Waals surface area contributed by atoms with Crippen molar-refractivity contribution in [1.29, 1.82) is 0 Å². The van der Waals surface area contributed by atoms with E-state index in [9.17, 15) is 13.2 Å². The maximum atomic E-state index is 11.6. The van der Waals surface area contributed by atoms with E-state index in [1.165, 1.54) is 11.1 Å². The zero-order valence-corrected chi connectivity index (χ0v) is 10.3. The van der Waals surface area contributed by atoms with E-state index in [4.69, 9.17) is 16.7 Å². The van der Waals surface area contributed by atoms with Gasteiger partial charge in [0.2, 0.25) is 15.9 Å². The number of hydrogen-bond acceptors (Lipinski definition) is 4. The van der Waals surface area contributed by atoms with Crippen LogP contribution in [-0.4, -0.2) is 31.1 Å². The summed E-state index contributed by atoms with van der Waals surface area (Å²) in [6.07, 6.45) is 1.29. The van der Waals surface area contributed by atoms with Crippen molar-refractivity contribution < 1.29 is 13.2 Å². The van der Waals surface area contributed by atoms with E-state index in [0.717, 1.165) is 0 Å². The van der Waals surface area contributed by atoms with E-state index < -0.39 is 15.3 Å². The van der Waals surface area contributed by atoms with Gasteiger partial charge in [-0.05, 0) is 12.1 Å². The third kappa shape index (κ3) is 2.56. The van der Waals surface area contributed by atoms with Gasteiger partial charge in [-0.3, -0.25) is 9.69 Å². The number of sulfonamides is 1. The van der Waals surface area contributed by atoms with Crippen LogP contribution in [0.4, 0.5) is 5.82 Å². The van der Waals surface area contributed by atoms with Gasteiger partial charge >= 0.3 is 0 Å². The summed E-state index contributed by atoms with van der Waals surface area (Å²) in [7, 11) is -3.70. The number of aromatic nitrogens is 1. The molecule has 0 aliphatic carbocycles. The lowest BCUT2D eigenvalue weighted by Crippen LogP contribution is -2.32. The van der Waals surface area contributed by atoms with Gasteiger partial charge in [-0.25, -0.2) is 18.5 Å². The molecule has 0 radical (unpaired) electrons. The van der Waals surface area contributed by atoms with E-state index >= 15 is 0 Å². The number of halogens is 1. The Labute approximate surface area is 103 Å². The van der Waals surface area contributed by atoms with Crippen LogP contribution in [0.15, 0.2) is 18.3 Å². The summed E-state index contributed by atoms with van der Waals surface area (Å²) in [5.74, 6) is 0.0735. The molecule has 6 nitrogen and oxygen atoms in total. The lowest BCUT2D eigenvalue weighted by atomic mass is 10.4. The predicted octanol–water partition coefficient (Wildman–Crippen LogP) is 0.129. The molecule has 92 valence electrons. The first-order chi connectivity index (χ1) is 7.88. The number of nitrogens with two attached hydrogens (primary N) is 1. The Hall–Kier alpha value is -1.18. The van der Waals surface area contributed by atoms with Crippen LogP contribution in [0.25, 0.3) is 0 Å². The summed E-state index contributed by atoms with van der Waals surface area (Å²) in [5, 5.41) is 4.60. The van der Waals surface area contributed by atoms with Crippen molar-refractivity contribution in [3.8, 4) is 0 Å². The van der Waals surface area contributed by atoms with E-state index in [1.54, 1.807) is 12.1 Å². The second kappa shape index (κ2) is 4.25. The molecule has 8 heteroatoms. The lowest BCUT2D eigenvalue weighted by molar-refractivity contribution is -0.117. The minimum atomic E-state index is -3.70. The van der Waals surface area contributed by atoms with Crippen LogP contribution in [0.5, 0.6) is 0 Å². The fourth-order valence-corrected chi connectivity index (χ4v) is 2.49. The first kappa shape index (κ1) is 12.3. The normalized spacial score (nSPS) is 20.9. The molecule has 17 heavy (non-hydrogen) atoms. The van der Waals surface area contributed by atoms with E-state index in [1.807, 2.05) is 0 Å². The smallest absolute Gasteiger partial charge is 0.229 e. The molecule has 0 saturated carbocycles. The fourth-order valence-electron chi connectivity index (χ4n) is 1.64. The molecule has 1 aliphatic heterocycles. The molecule has 0 bridgehead atoms. The number of rotatable bonds is 2. The highest BCUT2D eigenvalue weighted by Crippen LogP contribution is 2.23. The van der Waals surface area contributed by atoms with Crippen molar-refractivity contribution in [1.82, 2.24) is 4.98 Å². The largest absolute Gasteiger partial charge is 0.295 e. The number of pyridine rings is 1. The molecule has 0 spiro atoms. The monoisotopic (exact) mass is 275 g/mol. The van der Waals surface area contributed by atoms with Gasteiger partial charge in [0.15, 0.2) is 0 Å².